The SMILES string of the molecule is Cc1cc(-c2nn3c(C)nnc3s2)ccc1NC(=S)NC(=O)c1ccc(-c2ccc(Cl)cc2)o1. The first kappa shape index (κ1) is 22.2. The molecule has 0 fully saturated rings. The van der Waals surface area contributed by atoms with Gasteiger partial charge in [0.1, 0.15) is 10.8 Å². The van der Waals surface area contributed by atoms with E-state index in [0.29, 0.717) is 10.8 Å². The molecule has 0 spiro atoms. The summed E-state index contributed by atoms with van der Waals surface area (Å²) in [5.41, 5.74) is 3.49. The zero-order valence-corrected chi connectivity index (χ0v) is 20.4. The zero-order valence-electron chi connectivity index (χ0n) is 18.0. The van der Waals surface area contributed by atoms with Crippen molar-refractivity contribution < 1.29 is 9.21 Å². The number of furan rings is 1. The molecule has 0 aliphatic rings. The van der Waals surface area contributed by atoms with Gasteiger partial charge in [-0.1, -0.05) is 22.9 Å². The highest BCUT2D eigenvalue weighted by atomic mass is 35.5. The Balaban J connectivity index is 1.25. The summed E-state index contributed by atoms with van der Waals surface area (Å²) in [7, 11) is 0. The largest absolute Gasteiger partial charge is 0.451 e. The van der Waals surface area contributed by atoms with Crippen molar-refractivity contribution in [2.45, 2.75) is 13.8 Å². The third-order valence-electron chi connectivity index (χ3n) is 5.05. The second-order valence-corrected chi connectivity index (χ2v) is 9.26. The molecule has 2 aromatic carbocycles. The van der Waals surface area contributed by atoms with Crippen LogP contribution in [0.2, 0.25) is 5.02 Å². The van der Waals surface area contributed by atoms with E-state index in [4.69, 9.17) is 28.2 Å². The van der Waals surface area contributed by atoms with Crippen LogP contribution in [0.1, 0.15) is 21.9 Å². The molecule has 5 aromatic rings. The van der Waals surface area contributed by atoms with Gasteiger partial charge in [0.25, 0.3) is 5.91 Å². The number of carbonyl (C=O) groups is 1. The van der Waals surface area contributed by atoms with Crippen LogP contribution in [0.3, 0.4) is 0 Å². The van der Waals surface area contributed by atoms with Crippen LogP contribution < -0.4 is 10.6 Å². The lowest BCUT2D eigenvalue weighted by Crippen LogP contribution is -2.34. The first-order chi connectivity index (χ1) is 16.4. The summed E-state index contributed by atoms with van der Waals surface area (Å²) >= 11 is 12.7. The predicted octanol–water partition coefficient (Wildman–Crippen LogP) is 5.51. The lowest BCUT2D eigenvalue weighted by atomic mass is 10.1. The molecule has 1 amide bonds. The smallest absolute Gasteiger partial charge is 0.293 e. The van der Waals surface area contributed by atoms with Gasteiger partial charge in [-0.15, -0.1) is 10.2 Å². The average molecular weight is 509 g/mol. The van der Waals surface area contributed by atoms with Crippen molar-refractivity contribution in [1.29, 1.82) is 0 Å². The molecule has 0 aliphatic carbocycles. The van der Waals surface area contributed by atoms with Gasteiger partial charge in [0, 0.05) is 21.8 Å². The van der Waals surface area contributed by atoms with E-state index >= 15 is 0 Å². The molecule has 34 heavy (non-hydrogen) atoms. The number of halogens is 1. The second-order valence-electron chi connectivity index (χ2n) is 7.46. The molecule has 170 valence electrons. The average Bonchev–Trinajstić information content (AvgIpc) is 3.54. The number of benzene rings is 2. The van der Waals surface area contributed by atoms with Crippen molar-refractivity contribution >= 4 is 56.8 Å². The quantitative estimate of drug-likeness (QED) is 0.309. The summed E-state index contributed by atoms with van der Waals surface area (Å²) in [6.07, 6.45) is 0. The highest BCUT2D eigenvalue weighted by molar-refractivity contribution is 7.80. The number of thiocarbonyl (C=S) groups is 1. The van der Waals surface area contributed by atoms with Gasteiger partial charge < -0.3 is 9.73 Å². The van der Waals surface area contributed by atoms with Crippen LogP contribution in [-0.2, 0) is 0 Å². The molecule has 0 saturated carbocycles. The number of amides is 1. The maximum Gasteiger partial charge on any atom is 0.293 e. The standard InChI is InChI=1S/C23H17ClN6O2S2/c1-12-11-15(21-29-30-13(2)27-28-23(30)34-21)5-8-17(12)25-22(33)26-20(31)19-10-9-18(32-19)14-3-6-16(24)7-4-14/h3-11H,1-2H3,(H2,25,26,31,33). The molecule has 0 bridgehead atoms. The molecule has 0 unspecified atom stereocenters. The van der Waals surface area contributed by atoms with Crippen molar-refractivity contribution in [2.75, 3.05) is 5.32 Å². The number of carbonyl (C=O) groups excluding carboxylic acids is 1. The highest BCUT2D eigenvalue weighted by Crippen LogP contribution is 2.29. The number of anilines is 1. The normalized spacial score (nSPS) is 11.0. The highest BCUT2D eigenvalue weighted by Gasteiger charge is 2.15. The number of rotatable bonds is 4. The van der Waals surface area contributed by atoms with Crippen LogP contribution in [0.25, 0.3) is 26.9 Å². The molecule has 0 atom stereocenters. The van der Waals surface area contributed by atoms with Crippen molar-refractivity contribution in [3.63, 3.8) is 0 Å². The number of fused-ring (bicyclic) bond motifs is 1. The minimum atomic E-state index is -0.443. The summed E-state index contributed by atoms with van der Waals surface area (Å²) in [5, 5.41) is 20.0. The molecule has 0 aliphatic heterocycles. The minimum Gasteiger partial charge on any atom is -0.451 e. The maximum atomic E-state index is 12.6. The fourth-order valence-corrected chi connectivity index (χ4v) is 4.53. The van der Waals surface area contributed by atoms with Crippen LogP contribution in [-0.4, -0.2) is 30.8 Å². The van der Waals surface area contributed by atoms with E-state index < -0.39 is 5.91 Å². The van der Waals surface area contributed by atoms with Gasteiger partial charge in [-0.25, -0.2) is 0 Å². The van der Waals surface area contributed by atoms with Crippen molar-refractivity contribution in [1.82, 2.24) is 25.1 Å². The fraction of sp³-hybridized carbons (Fsp3) is 0.0870. The van der Waals surface area contributed by atoms with E-state index in [1.807, 2.05) is 44.2 Å². The van der Waals surface area contributed by atoms with E-state index in [1.165, 1.54) is 11.3 Å². The van der Waals surface area contributed by atoms with E-state index in [9.17, 15) is 4.79 Å². The Kier molecular flexibility index (Phi) is 5.86. The molecule has 3 aromatic heterocycles. The van der Waals surface area contributed by atoms with Crippen LogP contribution in [0.4, 0.5) is 5.69 Å². The molecule has 5 rings (SSSR count). The van der Waals surface area contributed by atoms with E-state index in [1.54, 1.807) is 28.8 Å². The second kappa shape index (κ2) is 8.98. The minimum absolute atomic E-state index is 0.153. The zero-order chi connectivity index (χ0) is 23.8. The van der Waals surface area contributed by atoms with Crippen LogP contribution >= 0.6 is 35.2 Å². The summed E-state index contributed by atoms with van der Waals surface area (Å²) < 4.78 is 7.40. The van der Waals surface area contributed by atoms with Gasteiger partial charge in [0.05, 0.1) is 0 Å². The topological polar surface area (TPSA) is 97.4 Å². The number of nitrogens with one attached hydrogen (secondary N) is 2. The Bertz CT molecular complexity index is 1540. The van der Waals surface area contributed by atoms with Gasteiger partial charge >= 0.3 is 0 Å². The van der Waals surface area contributed by atoms with Gasteiger partial charge in [-0.05, 0) is 86.2 Å². The Hall–Kier alpha value is -3.60. The summed E-state index contributed by atoms with van der Waals surface area (Å²) in [4.78, 5) is 13.3. The molecular formula is C23H17ClN6O2S2. The molecule has 0 radical (unpaired) electrons. The van der Waals surface area contributed by atoms with Gasteiger partial charge in [-0.2, -0.15) is 9.61 Å². The van der Waals surface area contributed by atoms with Gasteiger partial charge in [0.2, 0.25) is 4.96 Å². The third-order valence-corrected chi connectivity index (χ3v) is 6.46. The third kappa shape index (κ3) is 4.43. The van der Waals surface area contributed by atoms with Crippen molar-refractivity contribution in [2.24, 2.45) is 0 Å². The summed E-state index contributed by atoms with van der Waals surface area (Å²) in [6, 6.07) is 16.3. The van der Waals surface area contributed by atoms with E-state index in [0.717, 1.165) is 38.2 Å². The molecular weight excluding hydrogens is 492 g/mol. The monoisotopic (exact) mass is 508 g/mol. The molecule has 0 saturated heterocycles. The Morgan fingerprint density at radius 2 is 1.82 bits per heavy atom. The Labute approximate surface area is 208 Å². The van der Waals surface area contributed by atoms with Gasteiger partial charge in [-0.3, -0.25) is 10.1 Å². The number of hydrogen-bond donors (Lipinski definition) is 2. The lowest BCUT2D eigenvalue weighted by Gasteiger charge is -2.12. The molecule has 8 nitrogen and oxygen atoms in total. The molecule has 11 heteroatoms. The number of aromatic nitrogens is 4. The number of nitrogens with zero attached hydrogens (tertiary/aromatic N) is 4. The van der Waals surface area contributed by atoms with E-state index in [-0.39, 0.29) is 10.9 Å². The lowest BCUT2D eigenvalue weighted by molar-refractivity contribution is 0.0951. The van der Waals surface area contributed by atoms with Crippen LogP contribution in [0, 0.1) is 13.8 Å². The van der Waals surface area contributed by atoms with Crippen LogP contribution in [0.15, 0.2) is 59.0 Å². The molecule has 2 N–H and O–H groups in total. The Morgan fingerprint density at radius 3 is 2.56 bits per heavy atom. The number of aryl methyl sites for hydroxylation is 2. The summed E-state index contributed by atoms with van der Waals surface area (Å²) in [6.45, 7) is 3.81. The van der Waals surface area contributed by atoms with Crippen molar-refractivity contribution in [3.8, 4) is 21.9 Å². The first-order valence-corrected chi connectivity index (χ1v) is 11.8. The maximum absolute atomic E-state index is 12.6. The van der Waals surface area contributed by atoms with Crippen LogP contribution in [0.5, 0.6) is 0 Å². The van der Waals surface area contributed by atoms with Gasteiger partial charge in [0.15, 0.2) is 16.7 Å². The predicted molar refractivity (Wildman–Crippen MR) is 136 cm³/mol. The summed E-state index contributed by atoms with van der Waals surface area (Å²) in [5.74, 6) is 1.01. The number of hydrogen-bond acceptors (Lipinski definition) is 7. The Morgan fingerprint density at radius 1 is 1.06 bits per heavy atom. The molecule has 3 heterocycles. The first-order valence-electron chi connectivity index (χ1n) is 10.2. The van der Waals surface area contributed by atoms with E-state index in [2.05, 4.69) is 25.9 Å². The fourth-order valence-electron chi connectivity index (χ4n) is 3.32. The van der Waals surface area contributed by atoms with Crippen molar-refractivity contribution in [3.05, 3.63) is 76.8 Å².